The predicted octanol–water partition coefficient (Wildman–Crippen LogP) is 2.19. The van der Waals surface area contributed by atoms with E-state index in [2.05, 4.69) is 5.32 Å². The first-order valence-electron chi connectivity index (χ1n) is 8.62. The minimum atomic E-state index is -0.893. The Balaban J connectivity index is 1.83. The fraction of sp³-hybridized carbons (Fsp3) is 0.200. The molecule has 0 unspecified atom stereocenters. The van der Waals surface area contributed by atoms with Crippen molar-refractivity contribution in [1.29, 1.82) is 0 Å². The minimum Gasteiger partial charge on any atom is -0.468 e. The number of esters is 1. The summed E-state index contributed by atoms with van der Waals surface area (Å²) in [6.45, 7) is -0.215. The van der Waals surface area contributed by atoms with Gasteiger partial charge >= 0.3 is 5.97 Å². The second-order valence-electron chi connectivity index (χ2n) is 6.13. The van der Waals surface area contributed by atoms with Gasteiger partial charge in [0.25, 0.3) is 5.91 Å². The van der Waals surface area contributed by atoms with Crippen molar-refractivity contribution in [3.63, 3.8) is 0 Å². The van der Waals surface area contributed by atoms with E-state index in [1.54, 1.807) is 48.5 Å². The molecule has 1 heterocycles. The van der Waals surface area contributed by atoms with Gasteiger partial charge in [-0.25, -0.2) is 0 Å². The first-order valence-corrected chi connectivity index (χ1v) is 9.03. The minimum absolute atomic E-state index is 0.145. The Kier molecular flexibility index (Phi) is 6.00. The van der Waals surface area contributed by atoms with Gasteiger partial charge in [-0.15, -0.1) is 0 Å². The molecule has 8 heteroatoms. The lowest BCUT2D eigenvalue weighted by molar-refractivity contribution is -0.141. The SMILES string of the molecule is COC(=O)CN1C(=S)N(c2ccccc2)C(=O)[C@H]1CC(=O)Nc1ccccc1. The maximum absolute atomic E-state index is 13.0. The number of carbonyl (C=O) groups excluding carboxylic acids is 3. The molecule has 1 saturated heterocycles. The highest BCUT2D eigenvalue weighted by atomic mass is 32.1. The largest absolute Gasteiger partial charge is 0.468 e. The smallest absolute Gasteiger partial charge is 0.325 e. The van der Waals surface area contributed by atoms with Crippen molar-refractivity contribution in [2.45, 2.75) is 12.5 Å². The van der Waals surface area contributed by atoms with E-state index in [9.17, 15) is 14.4 Å². The van der Waals surface area contributed by atoms with Crippen molar-refractivity contribution >= 4 is 46.5 Å². The molecule has 0 spiro atoms. The van der Waals surface area contributed by atoms with Gasteiger partial charge in [-0.3, -0.25) is 19.3 Å². The average Bonchev–Trinajstić information content (AvgIpc) is 2.93. The number of hydrogen-bond acceptors (Lipinski definition) is 5. The van der Waals surface area contributed by atoms with E-state index in [1.807, 2.05) is 12.1 Å². The zero-order chi connectivity index (χ0) is 20.1. The molecule has 0 bridgehead atoms. The second kappa shape index (κ2) is 8.62. The van der Waals surface area contributed by atoms with Crippen molar-refractivity contribution in [3.05, 3.63) is 60.7 Å². The molecule has 1 atom stereocenters. The fourth-order valence-electron chi connectivity index (χ4n) is 2.94. The number of nitrogens with one attached hydrogen (secondary N) is 1. The Morgan fingerprint density at radius 1 is 1.07 bits per heavy atom. The molecule has 144 valence electrons. The van der Waals surface area contributed by atoms with Crippen LogP contribution in [0.4, 0.5) is 11.4 Å². The number of hydrogen-bond donors (Lipinski definition) is 1. The van der Waals surface area contributed by atoms with E-state index in [4.69, 9.17) is 17.0 Å². The Hall–Kier alpha value is -3.26. The Labute approximate surface area is 167 Å². The maximum Gasteiger partial charge on any atom is 0.325 e. The normalized spacial score (nSPS) is 16.2. The molecule has 1 fully saturated rings. The van der Waals surface area contributed by atoms with Crippen LogP contribution in [-0.2, 0) is 19.1 Å². The summed E-state index contributed by atoms with van der Waals surface area (Å²) in [5.41, 5.74) is 1.21. The quantitative estimate of drug-likeness (QED) is 0.595. The number of amides is 2. The number of methoxy groups -OCH3 is 1. The maximum atomic E-state index is 13.0. The van der Waals surface area contributed by atoms with Crippen molar-refractivity contribution in [2.24, 2.45) is 0 Å². The van der Waals surface area contributed by atoms with Gasteiger partial charge < -0.3 is 15.0 Å². The van der Waals surface area contributed by atoms with Gasteiger partial charge in [-0.05, 0) is 36.5 Å². The van der Waals surface area contributed by atoms with Crippen LogP contribution < -0.4 is 10.2 Å². The van der Waals surface area contributed by atoms with Gasteiger partial charge in [0.1, 0.15) is 12.6 Å². The van der Waals surface area contributed by atoms with Crippen LogP contribution in [0.2, 0.25) is 0 Å². The monoisotopic (exact) mass is 397 g/mol. The van der Waals surface area contributed by atoms with Gasteiger partial charge in [0.05, 0.1) is 19.2 Å². The molecule has 28 heavy (non-hydrogen) atoms. The van der Waals surface area contributed by atoms with Crippen LogP contribution in [0, 0.1) is 0 Å². The summed E-state index contributed by atoms with van der Waals surface area (Å²) in [6.07, 6.45) is -0.145. The number of rotatable bonds is 6. The standard InChI is InChI=1S/C20H19N3O4S/c1-27-18(25)13-22-16(12-17(24)21-14-8-4-2-5-9-14)19(26)23(20(22)28)15-10-6-3-7-11-15/h2-11,16H,12-13H2,1H3,(H,21,24)/t16-/m1/s1. The number of nitrogens with zero attached hydrogens (tertiary/aromatic N) is 2. The Morgan fingerprint density at radius 2 is 1.68 bits per heavy atom. The zero-order valence-corrected chi connectivity index (χ0v) is 16.0. The number of ether oxygens (including phenoxy) is 1. The van der Waals surface area contributed by atoms with E-state index in [1.165, 1.54) is 16.9 Å². The van der Waals surface area contributed by atoms with E-state index in [0.29, 0.717) is 11.4 Å². The third-order valence-electron chi connectivity index (χ3n) is 4.30. The topological polar surface area (TPSA) is 79.0 Å². The molecule has 2 aromatic rings. The highest BCUT2D eigenvalue weighted by molar-refractivity contribution is 7.80. The lowest BCUT2D eigenvalue weighted by Gasteiger charge is -2.22. The van der Waals surface area contributed by atoms with Crippen LogP contribution in [0.15, 0.2) is 60.7 Å². The van der Waals surface area contributed by atoms with Crippen LogP contribution in [-0.4, -0.2) is 47.5 Å². The molecule has 1 aliphatic rings. The molecule has 1 aliphatic heterocycles. The summed E-state index contributed by atoms with van der Waals surface area (Å²) in [5, 5.41) is 2.92. The Bertz CT molecular complexity index is 889. The molecule has 1 N–H and O–H groups in total. The highest BCUT2D eigenvalue weighted by Crippen LogP contribution is 2.27. The van der Waals surface area contributed by atoms with Crippen LogP contribution in [0.3, 0.4) is 0 Å². The van der Waals surface area contributed by atoms with Gasteiger partial charge in [0.2, 0.25) is 5.91 Å². The fourth-order valence-corrected chi connectivity index (χ4v) is 3.33. The molecule has 0 aromatic heterocycles. The lowest BCUT2D eigenvalue weighted by atomic mass is 10.1. The first-order chi connectivity index (χ1) is 13.5. The molecule has 2 aromatic carbocycles. The van der Waals surface area contributed by atoms with Crippen LogP contribution in [0.25, 0.3) is 0 Å². The Morgan fingerprint density at radius 3 is 2.29 bits per heavy atom. The molecule has 0 saturated carbocycles. The summed E-state index contributed by atoms with van der Waals surface area (Å²) in [4.78, 5) is 40.2. The van der Waals surface area contributed by atoms with Crippen LogP contribution in [0.5, 0.6) is 0 Å². The summed E-state index contributed by atoms with van der Waals surface area (Å²) in [6, 6.07) is 16.9. The zero-order valence-electron chi connectivity index (χ0n) is 15.2. The molecular weight excluding hydrogens is 378 g/mol. The molecule has 2 amide bonds. The summed E-state index contributed by atoms with van der Waals surface area (Å²) in [5.74, 6) is -1.25. The summed E-state index contributed by atoms with van der Waals surface area (Å²) < 4.78 is 4.72. The van der Waals surface area contributed by atoms with Gasteiger partial charge in [0.15, 0.2) is 5.11 Å². The van der Waals surface area contributed by atoms with E-state index >= 15 is 0 Å². The number of carbonyl (C=O) groups is 3. The van der Waals surface area contributed by atoms with Crippen LogP contribution >= 0.6 is 12.2 Å². The van der Waals surface area contributed by atoms with E-state index in [0.717, 1.165) is 0 Å². The van der Waals surface area contributed by atoms with Gasteiger partial charge in [-0.2, -0.15) is 0 Å². The molecule has 0 aliphatic carbocycles. The average molecular weight is 397 g/mol. The third-order valence-corrected chi connectivity index (χ3v) is 4.71. The molecular formula is C20H19N3O4S. The van der Waals surface area contributed by atoms with Crippen LogP contribution in [0.1, 0.15) is 6.42 Å². The predicted molar refractivity (Wildman–Crippen MR) is 109 cm³/mol. The number of anilines is 2. The lowest BCUT2D eigenvalue weighted by Crippen LogP contribution is -2.41. The van der Waals surface area contributed by atoms with Crippen molar-refractivity contribution < 1.29 is 19.1 Å². The number of para-hydroxylation sites is 2. The van der Waals surface area contributed by atoms with Gasteiger partial charge in [-0.1, -0.05) is 36.4 Å². The van der Waals surface area contributed by atoms with Crippen molar-refractivity contribution in [1.82, 2.24) is 4.90 Å². The number of benzene rings is 2. The first kappa shape index (κ1) is 19.5. The second-order valence-corrected chi connectivity index (χ2v) is 6.50. The molecule has 7 nitrogen and oxygen atoms in total. The van der Waals surface area contributed by atoms with Crippen molar-refractivity contribution in [3.8, 4) is 0 Å². The highest BCUT2D eigenvalue weighted by Gasteiger charge is 2.44. The van der Waals surface area contributed by atoms with E-state index in [-0.39, 0.29) is 29.9 Å². The summed E-state index contributed by atoms with van der Waals surface area (Å²) in [7, 11) is 1.26. The van der Waals surface area contributed by atoms with Crippen molar-refractivity contribution in [2.75, 3.05) is 23.9 Å². The third kappa shape index (κ3) is 4.17. The molecule has 3 rings (SSSR count). The van der Waals surface area contributed by atoms with E-state index < -0.39 is 12.0 Å². The van der Waals surface area contributed by atoms with Gasteiger partial charge in [0, 0.05) is 5.69 Å². The number of thiocarbonyl (C=S) groups is 1. The molecule has 0 radical (unpaired) electrons. The summed E-state index contributed by atoms with van der Waals surface area (Å²) >= 11 is 5.44.